The van der Waals surface area contributed by atoms with Gasteiger partial charge >= 0.3 is 0 Å². The molecule has 0 spiro atoms. The van der Waals surface area contributed by atoms with Crippen LogP contribution in [0.1, 0.15) is 53.4 Å². The van der Waals surface area contributed by atoms with Gasteiger partial charge in [0.1, 0.15) is 0 Å². The second-order valence-electron chi connectivity index (χ2n) is 5.36. The molecule has 0 aromatic heterocycles. The lowest BCUT2D eigenvalue weighted by molar-refractivity contribution is 0.493. The van der Waals surface area contributed by atoms with Gasteiger partial charge in [-0.2, -0.15) is 0 Å². The highest BCUT2D eigenvalue weighted by molar-refractivity contribution is 7.91. The topological polar surface area (TPSA) is 46.2 Å². The molecule has 0 aliphatic rings. The minimum absolute atomic E-state index is 0.241. The summed E-state index contributed by atoms with van der Waals surface area (Å²) in [5.41, 5.74) is 0. The SMILES string of the molecule is CCCNC(C)CCCCS(=O)(=O)CC(C)C. The van der Waals surface area contributed by atoms with Crippen LogP contribution in [0, 0.1) is 5.92 Å². The first-order valence-corrected chi connectivity index (χ1v) is 8.63. The van der Waals surface area contributed by atoms with Crippen molar-refractivity contribution in [3.05, 3.63) is 0 Å². The Balaban J connectivity index is 3.63. The van der Waals surface area contributed by atoms with Gasteiger partial charge in [0.25, 0.3) is 0 Å². The first-order valence-electron chi connectivity index (χ1n) is 6.81. The maximum Gasteiger partial charge on any atom is 0.150 e. The minimum atomic E-state index is -2.82. The van der Waals surface area contributed by atoms with Gasteiger partial charge in [-0.1, -0.05) is 27.2 Å². The largest absolute Gasteiger partial charge is 0.314 e. The Labute approximate surface area is 107 Å². The predicted octanol–water partition coefficient (Wildman–Crippen LogP) is 2.62. The molecule has 1 N–H and O–H groups in total. The second kappa shape index (κ2) is 8.92. The van der Waals surface area contributed by atoms with E-state index in [1.165, 1.54) is 0 Å². The summed E-state index contributed by atoms with van der Waals surface area (Å²) in [6.07, 6.45) is 4.01. The van der Waals surface area contributed by atoms with Crippen molar-refractivity contribution < 1.29 is 8.42 Å². The van der Waals surface area contributed by atoms with E-state index in [4.69, 9.17) is 0 Å². The van der Waals surface area contributed by atoms with E-state index in [0.29, 0.717) is 17.5 Å². The molecule has 104 valence electrons. The Morgan fingerprint density at radius 2 is 1.76 bits per heavy atom. The minimum Gasteiger partial charge on any atom is -0.314 e. The zero-order valence-corrected chi connectivity index (χ0v) is 12.6. The Kier molecular flexibility index (Phi) is 8.88. The van der Waals surface area contributed by atoms with E-state index in [2.05, 4.69) is 19.2 Å². The summed E-state index contributed by atoms with van der Waals surface area (Å²) in [7, 11) is -2.82. The van der Waals surface area contributed by atoms with E-state index >= 15 is 0 Å². The van der Waals surface area contributed by atoms with Crippen LogP contribution in [0.15, 0.2) is 0 Å². The van der Waals surface area contributed by atoms with Crippen LogP contribution in [0.5, 0.6) is 0 Å². The molecule has 1 atom stereocenters. The van der Waals surface area contributed by atoms with E-state index in [9.17, 15) is 8.42 Å². The van der Waals surface area contributed by atoms with E-state index < -0.39 is 9.84 Å². The van der Waals surface area contributed by atoms with Crippen LogP contribution in [0.4, 0.5) is 0 Å². The molecule has 3 nitrogen and oxygen atoms in total. The summed E-state index contributed by atoms with van der Waals surface area (Å²) in [6, 6.07) is 0.503. The molecule has 0 aromatic carbocycles. The molecule has 0 aromatic rings. The smallest absolute Gasteiger partial charge is 0.150 e. The highest BCUT2D eigenvalue weighted by atomic mass is 32.2. The summed E-state index contributed by atoms with van der Waals surface area (Å²) in [4.78, 5) is 0. The van der Waals surface area contributed by atoms with Gasteiger partial charge in [0.2, 0.25) is 0 Å². The van der Waals surface area contributed by atoms with Gasteiger partial charge in [0, 0.05) is 6.04 Å². The Hall–Kier alpha value is -0.0900. The number of nitrogens with one attached hydrogen (secondary N) is 1. The first kappa shape index (κ1) is 16.9. The van der Waals surface area contributed by atoms with Gasteiger partial charge in [0.05, 0.1) is 11.5 Å². The molecule has 0 bridgehead atoms. The molecule has 17 heavy (non-hydrogen) atoms. The third-order valence-electron chi connectivity index (χ3n) is 2.67. The van der Waals surface area contributed by atoms with Crippen molar-refractivity contribution in [2.75, 3.05) is 18.1 Å². The number of sulfone groups is 1. The van der Waals surface area contributed by atoms with Crippen LogP contribution in [0.2, 0.25) is 0 Å². The van der Waals surface area contributed by atoms with Crippen LogP contribution in [0.3, 0.4) is 0 Å². The molecule has 0 saturated carbocycles. The molecule has 0 aliphatic heterocycles. The van der Waals surface area contributed by atoms with Crippen molar-refractivity contribution in [3.8, 4) is 0 Å². The first-order chi connectivity index (χ1) is 7.87. The van der Waals surface area contributed by atoms with Crippen molar-refractivity contribution in [2.45, 2.75) is 59.4 Å². The summed E-state index contributed by atoms with van der Waals surface area (Å²) in [6.45, 7) is 9.27. The van der Waals surface area contributed by atoms with Crippen LogP contribution >= 0.6 is 0 Å². The number of unbranched alkanes of at least 4 members (excludes halogenated alkanes) is 1. The summed E-state index contributed by atoms with van der Waals surface area (Å²) in [5, 5.41) is 3.41. The normalized spacial score (nSPS) is 14.2. The summed E-state index contributed by atoms with van der Waals surface area (Å²) >= 11 is 0. The maximum atomic E-state index is 11.6. The lowest BCUT2D eigenvalue weighted by Crippen LogP contribution is -2.26. The quantitative estimate of drug-likeness (QED) is 0.616. The van der Waals surface area contributed by atoms with E-state index in [-0.39, 0.29) is 5.92 Å². The average Bonchev–Trinajstić information content (AvgIpc) is 2.19. The highest BCUT2D eigenvalue weighted by Crippen LogP contribution is 2.06. The lowest BCUT2D eigenvalue weighted by Gasteiger charge is -2.13. The van der Waals surface area contributed by atoms with Crippen molar-refractivity contribution in [2.24, 2.45) is 5.92 Å². The summed E-state index contributed by atoms with van der Waals surface area (Å²) < 4.78 is 23.3. The molecule has 0 radical (unpaired) electrons. The van der Waals surface area contributed by atoms with Crippen molar-refractivity contribution in [1.29, 1.82) is 0 Å². The van der Waals surface area contributed by atoms with Gasteiger partial charge < -0.3 is 5.32 Å². The molecule has 0 rings (SSSR count). The van der Waals surface area contributed by atoms with E-state index in [0.717, 1.165) is 32.2 Å². The van der Waals surface area contributed by atoms with Crippen LogP contribution in [-0.4, -0.2) is 32.5 Å². The van der Waals surface area contributed by atoms with Crippen molar-refractivity contribution in [3.63, 3.8) is 0 Å². The maximum absolute atomic E-state index is 11.6. The molecule has 0 amide bonds. The number of hydrogen-bond acceptors (Lipinski definition) is 3. The third-order valence-corrected chi connectivity index (χ3v) is 4.76. The van der Waals surface area contributed by atoms with Crippen LogP contribution in [-0.2, 0) is 9.84 Å². The van der Waals surface area contributed by atoms with Gasteiger partial charge in [0.15, 0.2) is 9.84 Å². The molecule has 1 unspecified atom stereocenters. The van der Waals surface area contributed by atoms with Crippen LogP contribution < -0.4 is 5.32 Å². The Morgan fingerprint density at radius 3 is 2.29 bits per heavy atom. The van der Waals surface area contributed by atoms with E-state index in [1.54, 1.807) is 0 Å². The van der Waals surface area contributed by atoms with Gasteiger partial charge in [-0.05, 0) is 38.6 Å². The second-order valence-corrected chi connectivity index (χ2v) is 7.59. The molecular formula is C13H29NO2S. The van der Waals surface area contributed by atoms with Crippen molar-refractivity contribution >= 4 is 9.84 Å². The highest BCUT2D eigenvalue weighted by Gasteiger charge is 2.12. The van der Waals surface area contributed by atoms with Gasteiger partial charge in [-0.3, -0.25) is 0 Å². The predicted molar refractivity (Wildman–Crippen MR) is 75.1 cm³/mol. The number of rotatable bonds is 10. The fourth-order valence-corrected chi connectivity index (χ4v) is 3.68. The van der Waals surface area contributed by atoms with Gasteiger partial charge in [-0.25, -0.2) is 8.42 Å². The average molecular weight is 263 g/mol. The molecule has 0 fully saturated rings. The lowest BCUT2D eigenvalue weighted by atomic mass is 10.1. The molecule has 0 heterocycles. The Morgan fingerprint density at radius 1 is 1.12 bits per heavy atom. The fraction of sp³-hybridized carbons (Fsp3) is 1.00. The molecular weight excluding hydrogens is 234 g/mol. The Bertz CT molecular complexity index is 273. The van der Waals surface area contributed by atoms with Crippen molar-refractivity contribution in [1.82, 2.24) is 5.32 Å². The molecule has 4 heteroatoms. The number of hydrogen-bond donors (Lipinski definition) is 1. The van der Waals surface area contributed by atoms with Gasteiger partial charge in [-0.15, -0.1) is 0 Å². The fourth-order valence-electron chi connectivity index (χ4n) is 1.86. The zero-order chi connectivity index (χ0) is 13.3. The van der Waals surface area contributed by atoms with Crippen LogP contribution in [0.25, 0.3) is 0 Å². The third kappa shape index (κ3) is 10.8. The monoisotopic (exact) mass is 263 g/mol. The summed E-state index contributed by atoms with van der Waals surface area (Å²) in [5.74, 6) is 0.924. The molecule has 0 saturated heterocycles. The molecule has 0 aliphatic carbocycles. The standard InChI is InChI=1S/C13H29NO2S/c1-5-9-14-13(4)8-6-7-10-17(15,16)11-12(2)3/h12-14H,5-11H2,1-4H3. The zero-order valence-electron chi connectivity index (χ0n) is 11.8. The van der Waals surface area contributed by atoms with E-state index in [1.807, 2.05) is 13.8 Å².